The molecule has 3 amide bonds. The number of carbonyl (C=O) groups is 2. The molecule has 1 aliphatic rings. The Labute approximate surface area is 209 Å². The number of hydrogen-bond donors (Lipinski definition) is 4. The van der Waals surface area contributed by atoms with Crippen molar-refractivity contribution in [3.63, 3.8) is 0 Å². The topological polar surface area (TPSA) is 125 Å². The molecule has 0 radical (unpaired) electrons. The van der Waals surface area contributed by atoms with Gasteiger partial charge in [-0.15, -0.1) is 0 Å². The average Bonchev–Trinajstić information content (AvgIpc) is 2.87. The molecule has 2 heterocycles. The van der Waals surface area contributed by atoms with Gasteiger partial charge in [-0.2, -0.15) is 4.98 Å². The maximum Gasteiger partial charge on any atom is 0.321 e. The van der Waals surface area contributed by atoms with Crippen LogP contribution < -0.4 is 21.7 Å². The maximum absolute atomic E-state index is 12.6. The van der Waals surface area contributed by atoms with Crippen molar-refractivity contribution in [1.82, 2.24) is 14.9 Å². The molecule has 2 aromatic carbocycles. The number of benzene rings is 2. The second-order valence-electron chi connectivity index (χ2n) is 8.39. The van der Waals surface area contributed by atoms with Crippen LogP contribution in [0, 0.1) is 0 Å². The lowest BCUT2D eigenvalue weighted by Gasteiger charge is -2.27. The van der Waals surface area contributed by atoms with Crippen molar-refractivity contribution in [3.05, 3.63) is 70.9 Å². The molecule has 1 atom stereocenters. The van der Waals surface area contributed by atoms with Crippen LogP contribution in [0.4, 0.5) is 27.9 Å². The van der Waals surface area contributed by atoms with Gasteiger partial charge in [-0.05, 0) is 49.9 Å². The number of likely N-dealkylation sites (tertiary alicyclic amines) is 1. The van der Waals surface area contributed by atoms with Crippen LogP contribution in [0.25, 0.3) is 0 Å². The average molecular weight is 494 g/mol. The predicted molar refractivity (Wildman–Crippen MR) is 138 cm³/mol. The zero-order chi connectivity index (χ0) is 24.8. The van der Waals surface area contributed by atoms with Crippen LogP contribution in [-0.2, 0) is 0 Å². The quantitative estimate of drug-likeness (QED) is 0.360. The molecule has 1 aliphatic heterocycles. The normalized spacial score (nSPS) is 14.2. The molecule has 4 rings (SSSR count). The number of primary amides is 1. The van der Waals surface area contributed by atoms with Gasteiger partial charge in [0.05, 0.1) is 16.3 Å². The minimum absolute atomic E-state index is 0.121. The number of hydrogen-bond acceptors (Lipinski definition) is 6. The van der Waals surface area contributed by atoms with E-state index in [2.05, 4.69) is 25.9 Å². The van der Waals surface area contributed by atoms with Crippen molar-refractivity contribution in [2.24, 2.45) is 5.73 Å². The summed E-state index contributed by atoms with van der Waals surface area (Å²) in [5.41, 5.74) is 7.86. The molecule has 1 aromatic heterocycles. The number of carbonyl (C=O) groups excluding carboxylic acids is 2. The molecule has 0 saturated carbocycles. The smallest absolute Gasteiger partial charge is 0.321 e. The summed E-state index contributed by atoms with van der Waals surface area (Å²) in [4.78, 5) is 35.1. The number of urea groups is 1. The summed E-state index contributed by atoms with van der Waals surface area (Å²) < 4.78 is 0. The Balaban J connectivity index is 1.52. The van der Waals surface area contributed by atoms with Crippen molar-refractivity contribution in [1.29, 1.82) is 0 Å². The molecule has 5 N–H and O–H groups in total. The first kappa shape index (κ1) is 24.3. The SMILES string of the molecule is CC(Nc1nc(Nc2ccc(Cl)c(NC(=O)N3CCCCC3)c2)ncc1C(N)=O)c1ccccc1. The van der Waals surface area contributed by atoms with Crippen LogP contribution in [-0.4, -0.2) is 39.9 Å². The van der Waals surface area contributed by atoms with Crippen LogP contribution in [0.3, 0.4) is 0 Å². The summed E-state index contributed by atoms with van der Waals surface area (Å²) in [6.07, 6.45) is 4.52. The van der Waals surface area contributed by atoms with Crippen molar-refractivity contribution in [2.45, 2.75) is 32.2 Å². The number of nitrogens with one attached hydrogen (secondary N) is 3. The molecular formula is C25H28ClN7O2. The monoisotopic (exact) mass is 493 g/mol. The van der Waals surface area contributed by atoms with E-state index in [-0.39, 0.29) is 23.6 Å². The highest BCUT2D eigenvalue weighted by Crippen LogP contribution is 2.28. The lowest BCUT2D eigenvalue weighted by atomic mass is 10.1. The molecule has 35 heavy (non-hydrogen) atoms. The number of nitrogens with zero attached hydrogens (tertiary/aromatic N) is 3. The maximum atomic E-state index is 12.6. The first-order valence-electron chi connectivity index (χ1n) is 11.5. The summed E-state index contributed by atoms with van der Waals surface area (Å²) in [6.45, 7) is 3.43. The molecule has 0 bridgehead atoms. The van der Waals surface area contributed by atoms with Crippen LogP contribution >= 0.6 is 11.6 Å². The number of halogens is 1. The highest BCUT2D eigenvalue weighted by Gasteiger charge is 2.18. The Morgan fingerprint density at radius 3 is 2.54 bits per heavy atom. The standard InChI is InChI=1S/C25H28ClN7O2/c1-16(17-8-4-2-5-9-17)29-23-19(22(27)34)15-28-24(32-23)30-18-10-11-20(26)21(14-18)31-25(35)33-12-6-3-7-13-33/h2,4-5,8-11,14-16H,3,6-7,12-13H2,1H3,(H2,27,34)(H,31,35)(H2,28,29,30,32). The Hall–Kier alpha value is -3.85. The van der Waals surface area contributed by atoms with Gasteiger partial charge in [-0.3, -0.25) is 4.79 Å². The van der Waals surface area contributed by atoms with Gasteiger partial charge in [0.15, 0.2) is 0 Å². The van der Waals surface area contributed by atoms with Crippen molar-refractivity contribution in [3.8, 4) is 0 Å². The molecule has 0 aliphatic carbocycles. The number of amides is 3. The van der Waals surface area contributed by atoms with E-state index in [0.717, 1.165) is 37.9 Å². The third kappa shape index (κ3) is 6.19. The van der Waals surface area contributed by atoms with Gasteiger partial charge in [0.1, 0.15) is 5.82 Å². The molecule has 1 saturated heterocycles. The second-order valence-corrected chi connectivity index (χ2v) is 8.80. The van der Waals surface area contributed by atoms with E-state index in [4.69, 9.17) is 17.3 Å². The van der Waals surface area contributed by atoms with Crippen molar-refractivity contribution >= 4 is 46.7 Å². The van der Waals surface area contributed by atoms with E-state index >= 15 is 0 Å². The first-order chi connectivity index (χ1) is 16.9. The molecular weight excluding hydrogens is 466 g/mol. The number of nitrogens with two attached hydrogens (primary N) is 1. The Morgan fingerprint density at radius 2 is 1.83 bits per heavy atom. The van der Waals surface area contributed by atoms with Crippen molar-refractivity contribution in [2.75, 3.05) is 29.0 Å². The molecule has 1 fully saturated rings. The van der Waals surface area contributed by atoms with E-state index in [1.807, 2.05) is 37.3 Å². The fraction of sp³-hybridized carbons (Fsp3) is 0.280. The summed E-state index contributed by atoms with van der Waals surface area (Å²) in [7, 11) is 0. The third-order valence-corrected chi connectivity index (χ3v) is 6.14. The first-order valence-corrected chi connectivity index (χ1v) is 11.9. The Kier molecular flexibility index (Phi) is 7.67. The van der Waals surface area contributed by atoms with Gasteiger partial charge in [0.2, 0.25) is 5.95 Å². The van der Waals surface area contributed by atoms with Gasteiger partial charge in [0.25, 0.3) is 5.91 Å². The van der Waals surface area contributed by atoms with E-state index in [1.165, 1.54) is 6.20 Å². The summed E-state index contributed by atoms with van der Waals surface area (Å²) in [5, 5.41) is 9.66. The third-order valence-electron chi connectivity index (χ3n) is 5.81. The Morgan fingerprint density at radius 1 is 1.09 bits per heavy atom. The second kappa shape index (κ2) is 11.1. The summed E-state index contributed by atoms with van der Waals surface area (Å²) >= 11 is 6.32. The van der Waals surface area contributed by atoms with Crippen LogP contribution in [0.15, 0.2) is 54.7 Å². The summed E-state index contributed by atoms with van der Waals surface area (Å²) in [5.74, 6) is -0.0548. The van der Waals surface area contributed by atoms with Crippen LogP contribution in [0.2, 0.25) is 5.02 Å². The largest absolute Gasteiger partial charge is 0.365 e. The highest BCUT2D eigenvalue weighted by molar-refractivity contribution is 6.33. The highest BCUT2D eigenvalue weighted by atomic mass is 35.5. The van der Waals surface area contributed by atoms with E-state index in [1.54, 1.807) is 23.1 Å². The lowest BCUT2D eigenvalue weighted by Crippen LogP contribution is -2.38. The number of piperidine rings is 1. The van der Waals surface area contributed by atoms with E-state index < -0.39 is 5.91 Å². The lowest BCUT2D eigenvalue weighted by molar-refractivity contribution is 0.100. The molecule has 1 unspecified atom stereocenters. The molecule has 9 nitrogen and oxygen atoms in total. The molecule has 0 spiro atoms. The summed E-state index contributed by atoms with van der Waals surface area (Å²) in [6, 6.07) is 14.6. The minimum atomic E-state index is -0.631. The van der Waals surface area contributed by atoms with Gasteiger partial charge < -0.3 is 26.6 Å². The van der Waals surface area contributed by atoms with Gasteiger partial charge in [0, 0.05) is 31.0 Å². The fourth-order valence-electron chi connectivity index (χ4n) is 3.88. The Bertz CT molecular complexity index is 1200. The molecule has 3 aromatic rings. The number of rotatable bonds is 7. The van der Waals surface area contributed by atoms with Crippen LogP contribution in [0.1, 0.15) is 48.1 Å². The van der Waals surface area contributed by atoms with Gasteiger partial charge >= 0.3 is 6.03 Å². The molecule has 182 valence electrons. The van der Waals surface area contributed by atoms with E-state index in [9.17, 15) is 9.59 Å². The predicted octanol–water partition coefficient (Wildman–Crippen LogP) is 5.16. The molecule has 10 heteroatoms. The van der Waals surface area contributed by atoms with Crippen molar-refractivity contribution < 1.29 is 9.59 Å². The fourth-order valence-corrected chi connectivity index (χ4v) is 4.05. The number of aromatic nitrogens is 2. The zero-order valence-electron chi connectivity index (χ0n) is 19.4. The van der Waals surface area contributed by atoms with Gasteiger partial charge in [-0.1, -0.05) is 41.9 Å². The van der Waals surface area contributed by atoms with Crippen LogP contribution in [0.5, 0.6) is 0 Å². The number of anilines is 4. The zero-order valence-corrected chi connectivity index (χ0v) is 20.2. The van der Waals surface area contributed by atoms with E-state index in [0.29, 0.717) is 22.2 Å². The van der Waals surface area contributed by atoms with Gasteiger partial charge in [-0.25, -0.2) is 9.78 Å². The minimum Gasteiger partial charge on any atom is -0.365 e.